The molecular formula is C26H30N2O4. The molecule has 3 aromatic rings. The highest BCUT2D eigenvalue weighted by Crippen LogP contribution is 2.15. The van der Waals surface area contributed by atoms with Gasteiger partial charge in [-0.15, -0.1) is 0 Å². The lowest BCUT2D eigenvalue weighted by molar-refractivity contribution is -0.133. The minimum Gasteiger partial charge on any atom is -0.464 e. The highest BCUT2D eigenvalue weighted by atomic mass is 16.5. The Morgan fingerprint density at radius 2 is 1.59 bits per heavy atom. The van der Waals surface area contributed by atoms with E-state index in [1.807, 2.05) is 74.5 Å². The number of hydrogen-bond acceptors (Lipinski definition) is 4. The van der Waals surface area contributed by atoms with Crippen LogP contribution >= 0.6 is 0 Å². The number of furan rings is 1. The Labute approximate surface area is 189 Å². The maximum atomic E-state index is 13.4. The van der Waals surface area contributed by atoms with Crippen molar-refractivity contribution in [2.24, 2.45) is 0 Å². The lowest BCUT2D eigenvalue weighted by Gasteiger charge is -2.27. The van der Waals surface area contributed by atoms with E-state index in [-0.39, 0.29) is 18.4 Å². The van der Waals surface area contributed by atoms with Crippen LogP contribution in [0.4, 0.5) is 0 Å². The number of hydrogen-bond donors (Lipinski definition) is 0. The lowest BCUT2D eigenvalue weighted by Crippen LogP contribution is -2.43. The van der Waals surface area contributed by atoms with Gasteiger partial charge < -0.3 is 19.0 Å². The van der Waals surface area contributed by atoms with Gasteiger partial charge in [-0.3, -0.25) is 9.59 Å². The third-order valence-corrected chi connectivity index (χ3v) is 5.27. The molecule has 0 fully saturated rings. The van der Waals surface area contributed by atoms with E-state index in [9.17, 15) is 9.59 Å². The van der Waals surface area contributed by atoms with E-state index in [1.165, 1.54) is 0 Å². The third-order valence-electron chi connectivity index (χ3n) is 5.27. The second kappa shape index (κ2) is 11.3. The molecule has 0 saturated heterocycles. The van der Waals surface area contributed by atoms with E-state index >= 15 is 0 Å². The summed E-state index contributed by atoms with van der Waals surface area (Å²) in [7, 11) is 1.58. The van der Waals surface area contributed by atoms with Crippen LogP contribution in [-0.2, 0) is 22.6 Å². The second-order valence-corrected chi connectivity index (χ2v) is 7.78. The van der Waals surface area contributed by atoms with Crippen molar-refractivity contribution in [1.29, 1.82) is 0 Å². The number of rotatable bonds is 10. The Kier molecular flexibility index (Phi) is 8.22. The molecule has 0 radical (unpaired) electrons. The predicted octanol–water partition coefficient (Wildman–Crippen LogP) is 4.21. The smallest absolute Gasteiger partial charge is 0.254 e. The Bertz CT molecular complexity index is 1030. The van der Waals surface area contributed by atoms with Gasteiger partial charge in [0, 0.05) is 25.8 Å². The van der Waals surface area contributed by atoms with Gasteiger partial charge in [-0.25, -0.2) is 0 Å². The van der Waals surface area contributed by atoms with Crippen LogP contribution in [0.3, 0.4) is 0 Å². The number of aryl methyl sites for hydroxylation is 2. The van der Waals surface area contributed by atoms with Crippen LogP contribution < -0.4 is 0 Å². The molecule has 0 unspecified atom stereocenters. The predicted molar refractivity (Wildman–Crippen MR) is 123 cm³/mol. The van der Waals surface area contributed by atoms with Crippen LogP contribution in [-0.4, -0.2) is 48.4 Å². The van der Waals surface area contributed by atoms with Gasteiger partial charge in [0.2, 0.25) is 5.91 Å². The number of benzene rings is 2. The molecule has 6 heteroatoms. The van der Waals surface area contributed by atoms with E-state index in [0.717, 1.165) is 16.9 Å². The van der Waals surface area contributed by atoms with Crippen LogP contribution in [0, 0.1) is 13.8 Å². The average molecular weight is 435 g/mol. The van der Waals surface area contributed by atoms with Crippen LogP contribution in [0.15, 0.2) is 71.1 Å². The Balaban J connectivity index is 1.81. The fourth-order valence-electron chi connectivity index (χ4n) is 3.49. The highest BCUT2D eigenvalue weighted by Gasteiger charge is 2.24. The first kappa shape index (κ1) is 23.3. The topological polar surface area (TPSA) is 63.0 Å². The normalized spacial score (nSPS) is 10.7. The van der Waals surface area contributed by atoms with Gasteiger partial charge in [0.1, 0.15) is 18.1 Å². The first-order chi connectivity index (χ1) is 15.5. The first-order valence-electron chi connectivity index (χ1n) is 10.7. The van der Waals surface area contributed by atoms with Crippen molar-refractivity contribution < 1.29 is 18.7 Å². The maximum Gasteiger partial charge on any atom is 0.254 e. The number of ether oxygens (including phenoxy) is 1. The third kappa shape index (κ3) is 6.31. The van der Waals surface area contributed by atoms with Crippen molar-refractivity contribution in [2.75, 3.05) is 26.8 Å². The van der Waals surface area contributed by atoms with Gasteiger partial charge in [0.25, 0.3) is 5.91 Å². The van der Waals surface area contributed by atoms with Gasteiger partial charge in [-0.2, -0.15) is 0 Å². The van der Waals surface area contributed by atoms with Crippen LogP contribution in [0.1, 0.15) is 33.0 Å². The summed E-state index contributed by atoms with van der Waals surface area (Å²) < 4.78 is 10.9. The van der Waals surface area contributed by atoms with E-state index < -0.39 is 0 Å². The zero-order valence-corrected chi connectivity index (χ0v) is 18.9. The monoisotopic (exact) mass is 434 g/mol. The lowest BCUT2D eigenvalue weighted by atomic mass is 10.1. The SMILES string of the molecule is COCCN(CC(=O)N(Cc1ccccc1)Cc1ccc(C)o1)C(=O)c1ccccc1C. The van der Waals surface area contributed by atoms with Crippen LogP contribution in [0.2, 0.25) is 0 Å². The van der Waals surface area contributed by atoms with Crippen molar-refractivity contribution >= 4 is 11.8 Å². The number of methoxy groups -OCH3 is 1. The summed E-state index contributed by atoms with van der Waals surface area (Å²) >= 11 is 0. The number of carbonyl (C=O) groups excluding carboxylic acids is 2. The van der Waals surface area contributed by atoms with Gasteiger partial charge >= 0.3 is 0 Å². The first-order valence-corrected chi connectivity index (χ1v) is 10.7. The summed E-state index contributed by atoms with van der Waals surface area (Å²) in [6.45, 7) is 5.16. The van der Waals surface area contributed by atoms with Gasteiger partial charge in [0.05, 0.1) is 13.2 Å². The van der Waals surface area contributed by atoms with Crippen LogP contribution in [0.25, 0.3) is 0 Å². The zero-order chi connectivity index (χ0) is 22.9. The molecule has 0 spiro atoms. The molecule has 0 atom stereocenters. The van der Waals surface area contributed by atoms with E-state index in [2.05, 4.69) is 0 Å². The molecule has 0 bridgehead atoms. The molecule has 6 nitrogen and oxygen atoms in total. The van der Waals surface area contributed by atoms with E-state index in [0.29, 0.717) is 37.6 Å². The molecule has 1 heterocycles. The summed E-state index contributed by atoms with van der Waals surface area (Å²) in [5.41, 5.74) is 2.48. The summed E-state index contributed by atoms with van der Waals surface area (Å²) in [6.07, 6.45) is 0. The summed E-state index contributed by atoms with van der Waals surface area (Å²) in [4.78, 5) is 29.9. The fourth-order valence-corrected chi connectivity index (χ4v) is 3.49. The van der Waals surface area contributed by atoms with Gasteiger partial charge in [0.15, 0.2) is 0 Å². The van der Waals surface area contributed by atoms with Crippen molar-refractivity contribution in [3.05, 3.63) is 94.9 Å². The standard InChI is InChI=1S/C26H30N2O4/c1-20-9-7-8-12-24(20)26(30)27(15-16-31-3)19-25(29)28(17-22-10-5-4-6-11-22)18-23-14-13-21(2)32-23/h4-14H,15-19H2,1-3H3. The molecule has 2 aromatic carbocycles. The molecule has 2 amide bonds. The van der Waals surface area contributed by atoms with Crippen molar-refractivity contribution in [2.45, 2.75) is 26.9 Å². The maximum absolute atomic E-state index is 13.4. The largest absolute Gasteiger partial charge is 0.464 e. The second-order valence-electron chi connectivity index (χ2n) is 7.78. The molecule has 0 aliphatic heterocycles. The van der Waals surface area contributed by atoms with Crippen LogP contribution in [0.5, 0.6) is 0 Å². The Morgan fingerprint density at radius 3 is 2.25 bits per heavy atom. The minimum atomic E-state index is -0.179. The van der Waals surface area contributed by atoms with Crippen molar-refractivity contribution in [1.82, 2.24) is 9.80 Å². The zero-order valence-electron chi connectivity index (χ0n) is 18.9. The molecule has 0 N–H and O–H groups in total. The molecule has 0 saturated carbocycles. The quantitative estimate of drug-likeness (QED) is 0.479. The summed E-state index contributed by atoms with van der Waals surface area (Å²) in [6, 6.07) is 21.0. The fraction of sp³-hybridized carbons (Fsp3) is 0.308. The average Bonchev–Trinajstić information content (AvgIpc) is 3.21. The highest BCUT2D eigenvalue weighted by molar-refractivity contribution is 5.97. The number of amides is 2. The molecule has 32 heavy (non-hydrogen) atoms. The number of nitrogens with zero attached hydrogens (tertiary/aromatic N) is 2. The Morgan fingerprint density at radius 1 is 0.875 bits per heavy atom. The molecule has 168 valence electrons. The van der Waals surface area contributed by atoms with Gasteiger partial charge in [-0.05, 0) is 43.2 Å². The van der Waals surface area contributed by atoms with E-state index in [1.54, 1.807) is 23.0 Å². The summed E-state index contributed by atoms with van der Waals surface area (Å²) in [5, 5.41) is 0. The molecule has 0 aliphatic rings. The number of carbonyl (C=O) groups is 2. The molecule has 1 aromatic heterocycles. The van der Waals surface area contributed by atoms with E-state index in [4.69, 9.17) is 9.15 Å². The van der Waals surface area contributed by atoms with Gasteiger partial charge in [-0.1, -0.05) is 48.5 Å². The van der Waals surface area contributed by atoms with Crippen molar-refractivity contribution in [3.63, 3.8) is 0 Å². The summed E-state index contributed by atoms with van der Waals surface area (Å²) in [5.74, 6) is 1.17. The minimum absolute atomic E-state index is 0.0386. The molecular weight excluding hydrogens is 404 g/mol. The van der Waals surface area contributed by atoms with Crippen molar-refractivity contribution in [3.8, 4) is 0 Å². The molecule has 3 rings (SSSR count). The Hall–Kier alpha value is -3.38. The molecule has 0 aliphatic carbocycles.